The number of piperidine rings is 1. The molecular formula is C31H42Cl2N2O4. The van der Waals surface area contributed by atoms with Crippen molar-refractivity contribution >= 4 is 40.8 Å². The molecule has 0 radical (unpaired) electrons. The maximum Gasteiger partial charge on any atom is 0.344 e. The van der Waals surface area contributed by atoms with E-state index in [2.05, 4.69) is 24.8 Å². The summed E-state index contributed by atoms with van der Waals surface area (Å²) >= 11 is 11.8. The van der Waals surface area contributed by atoms with Gasteiger partial charge in [-0.3, -0.25) is 4.79 Å². The van der Waals surface area contributed by atoms with E-state index in [1.807, 2.05) is 36.2 Å². The number of halogens is 2. The van der Waals surface area contributed by atoms with Gasteiger partial charge in [0.25, 0.3) is 0 Å². The van der Waals surface area contributed by atoms with E-state index in [1.165, 1.54) is 5.70 Å². The van der Waals surface area contributed by atoms with E-state index >= 15 is 0 Å². The molecule has 1 saturated heterocycles. The third kappa shape index (κ3) is 5.28. The van der Waals surface area contributed by atoms with E-state index < -0.39 is 0 Å². The number of amides is 1. The molecule has 1 heterocycles. The van der Waals surface area contributed by atoms with Crippen molar-refractivity contribution in [3.05, 3.63) is 36.0 Å². The number of carbonyl (C=O) groups excluding carboxylic acids is 2. The molecule has 0 N–H and O–H groups in total. The van der Waals surface area contributed by atoms with Crippen LogP contribution in [0.5, 0.6) is 5.75 Å². The highest BCUT2D eigenvalue weighted by Gasteiger charge is 2.60. The van der Waals surface area contributed by atoms with Crippen molar-refractivity contribution < 1.29 is 19.1 Å². The quantitative estimate of drug-likeness (QED) is 0.257. The molecule has 0 spiro atoms. The molecule has 6 atom stereocenters. The number of nitrogens with zero attached hydrogens (tertiary/aromatic N) is 2. The van der Waals surface area contributed by atoms with Crippen LogP contribution in [0.2, 0.25) is 0 Å². The van der Waals surface area contributed by atoms with E-state index in [9.17, 15) is 9.59 Å². The maximum atomic E-state index is 12.9. The first-order valence-electron chi connectivity index (χ1n) is 14.5. The number of ether oxygens (including phenoxy) is 2. The van der Waals surface area contributed by atoms with Crippen molar-refractivity contribution in [2.45, 2.75) is 64.9 Å². The van der Waals surface area contributed by atoms with E-state index in [4.69, 9.17) is 32.7 Å². The highest BCUT2D eigenvalue weighted by Crippen LogP contribution is 2.64. The molecule has 214 valence electrons. The Morgan fingerprint density at radius 3 is 2.46 bits per heavy atom. The fourth-order valence-electron chi connectivity index (χ4n) is 8.39. The molecule has 1 aromatic rings. The molecule has 0 bridgehead atoms. The third-order valence-electron chi connectivity index (χ3n) is 10.5. The number of alkyl halides is 2. The number of likely N-dealkylation sites (tertiary alicyclic amines) is 1. The molecule has 39 heavy (non-hydrogen) atoms. The number of carbonyl (C=O) groups is 2. The van der Waals surface area contributed by atoms with Gasteiger partial charge in [-0.15, -0.1) is 23.2 Å². The molecule has 2 saturated carbocycles. The monoisotopic (exact) mass is 576 g/mol. The Morgan fingerprint density at radius 2 is 1.77 bits per heavy atom. The van der Waals surface area contributed by atoms with Crippen LogP contribution in [0.4, 0.5) is 5.69 Å². The van der Waals surface area contributed by atoms with Crippen LogP contribution >= 0.6 is 23.2 Å². The molecule has 3 fully saturated rings. The Bertz CT molecular complexity index is 1090. The third-order valence-corrected chi connectivity index (χ3v) is 10.8. The lowest BCUT2D eigenvalue weighted by Gasteiger charge is -2.58. The maximum absolute atomic E-state index is 12.9. The van der Waals surface area contributed by atoms with Crippen molar-refractivity contribution in [3.63, 3.8) is 0 Å². The van der Waals surface area contributed by atoms with Gasteiger partial charge in [-0.1, -0.05) is 19.9 Å². The molecule has 5 rings (SSSR count). The van der Waals surface area contributed by atoms with Gasteiger partial charge in [0.1, 0.15) is 11.9 Å². The Morgan fingerprint density at radius 1 is 1.05 bits per heavy atom. The van der Waals surface area contributed by atoms with E-state index in [-0.39, 0.29) is 35.4 Å². The second-order valence-electron chi connectivity index (χ2n) is 12.3. The van der Waals surface area contributed by atoms with Crippen LogP contribution < -0.4 is 9.64 Å². The molecule has 1 amide bonds. The Balaban J connectivity index is 1.19. The fourth-order valence-corrected chi connectivity index (χ4v) is 8.80. The Hall–Kier alpha value is -1.92. The molecule has 3 aliphatic carbocycles. The molecule has 0 unspecified atom stereocenters. The first-order chi connectivity index (χ1) is 18.7. The smallest absolute Gasteiger partial charge is 0.344 e. The van der Waals surface area contributed by atoms with Crippen LogP contribution in [0.3, 0.4) is 0 Å². The van der Waals surface area contributed by atoms with Crippen LogP contribution in [0.1, 0.15) is 58.8 Å². The average Bonchev–Trinajstić information content (AvgIpc) is 3.26. The summed E-state index contributed by atoms with van der Waals surface area (Å²) in [6, 6.07) is 7.67. The number of esters is 1. The summed E-state index contributed by atoms with van der Waals surface area (Å²) in [5.74, 6) is 3.32. The highest BCUT2D eigenvalue weighted by molar-refractivity contribution is 6.18. The number of benzene rings is 1. The van der Waals surface area contributed by atoms with Gasteiger partial charge in [-0.2, -0.15) is 0 Å². The van der Waals surface area contributed by atoms with Gasteiger partial charge in [0, 0.05) is 60.5 Å². The second kappa shape index (κ2) is 11.5. The summed E-state index contributed by atoms with van der Waals surface area (Å²) in [5.41, 5.74) is 2.32. The van der Waals surface area contributed by atoms with Crippen molar-refractivity contribution in [3.8, 4) is 5.75 Å². The number of hydrogen-bond donors (Lipinski definition) is 0. The summed E-state index contributed by atoms with van der Waals surface area (Å²) in [7, 11) is 1.94. The topological polar surface area (TPSA) is 59.1 Å². The van der Waals surface area contributed by atoms with Crippen molar-refractivity contribution in [1.82, 2.24) is 4.90 Å². The van der Waals surface area contributed by atoms with Crippen LogP contribution in [0.15, 0.2) is 36.0 Å². The van der Waals surface area contributed by atoms with E-state index in [1.54, 1.807) is 0 Å². The molecule has 8 heteroatoms. The van der Waals surface area contributed by atoms with Crippen LogP contribution in [-0.2, 0) is 14.3 Å². The van der Waals surface area contributed by atoms with Crippen molar-refractivity contribution in [2.24, 2.45) is 28.6 Å². The normalized spacial score (nSPS) is 33.5. The minimum absolute atomic E-state index is 0.00906. The lowest BCUT2D eigenvalue weighted by Crippen LogP contribution is -2.54. The molecule has 0 aromatic heterocycles. The standard InChI is InChI=1S/C31H42Cl2N2O4/c1-30-15-13-28(36)34(3)26(30)10-8-23-24-9-11-27(31(24,2)14-12-25(23)30)39-29(37)20-38-22-6-4-21(5-7-22)35(18-16-32)19-17-33/h4-7,10,23-25,27H,8-9,11-20H2,1-3H3/t23-,24-,25-,27-,30+,31-/m0/s1. The minimum atomic E-state index is -0.302. The number of fused-ring (bicyclic) bond motifs is 5. The zero-order chi connectivity index (χ0) is 27.8. The van der Waals surface area contributed by atoms with Gasteiger partial charge < -0.3 is 19.3 Å². The predicted octanol–water partition coefficient (Wildman–Crippen LogP) is 6.25. The van der Waals surface area contributed by atoms with Crippen molar-refractivity contribution in [1.29, 1.82) is 0 Å². The minimum Gasteiger partial charge on any atom is -0.482 e. The number of anilines is 1. The van der Waals surface area contributed by atoms with Crippen molar-refractivity contribution in [2.75, 3.05) is 43.4 Å². The Kier molecular flexibility index (Phi) is 8.45. The Labute approximate surface area is 243 Å². The van der Waals surface area contributed by atoms with Gasteiger partial charge in [0.2, 0.25) is 5.91 Å². The predicted molar refractivity (Wildman–Crippen MR) is 155 cm³/mol. The lowest BCUT2D eigenvalue weighted by atomic mass is 9.49. The van der Waals surface area contributed by atoms with E-state index in [0.29, 0.717) is 41.7 Å². The first-order valence-corrected chi connectivity index (χ1v) is 15.5. The van der Waals surface area contributed by atoms with Gasteiger partial charge >= 0.3 is 5.97 Å². The first kappa shape index (κ1) is 28.6. The number of allylic oxidation sites excluding steroid dienone is 2. The SMILES string of the molecule is CN1C(=O)CC[C@@]2(C)C1=CC[C@H]1[C@@H]3CC[C@H](OC(=O)COc4ccc(N(CCCl)CCCl)cc4)[C@@]3(C)CC[C@@H]12. The largest absolute Gasteiger partial charge is 0.482 e. The summed E-state index contributed by atoms with van der Waals surface area (Å²) < 4.78 is 11.9. The van der Waals surface area contributed by atoms with Crippen LogP contribution in [-0.4, -0.2) is 61.4 Å². The summed E-state index contributed by atoms with van der Waals surface area (Å²) in [4.78, 5) is 29.3. The van der Waals surface area contributed by atoms with Gasteiger partial charge in [-0.05, 0) is 80.5 Å². The number of rotatable bonds is 9. The summed E-state index contributed by atoms with van der Waals surface area (Å²) in [6.07, 6.45) is 9.04. The average molecular weight is 578 g/mol. The highest BCUT2D eigenvalue weighted by atomic mass is 35.5. The van der Waals surface area contributed by atoms with Crippen LogP contribution in [0.25, 0.3) is 0 Å². The molecule has 1 aromatic carbocycles. The van der Waals surface area contributed by atoms with Gasteiger partial charge in [0.05, 0.1) is 0 Å². The molecular weight excluding hydrogens is 535 g/mol. The van der Waals surface area contributed by atoms with Crippen LogP contribution in [0, 0.1) is 28.6 Å². The molecule has 4 aliphatic rings. The number of hydrogen-bond acceptors (Lipinski definition) is 5. The van der Waals surface area contributed by atoms with E-state index in [0.717, 1.165) is 57.3 Å². The fraction of sp³-hybridized carbons (Fsp3) is 0.677. The summed E-state index contributed by atoms with van der Waals surface area (Å²) in [6.45, 7) is 6.06. The summed E-state index contributed by atoms with van der Waals surface area (Å²) in [5, 5.41) is 0. The van der Waals surface area contributed by atoms with Gasteiger partial charge in [0.15, 0.2) is 6.61 Å². The van der Waals surface area contributed by atoms with Gasteiger partial charge in [-0.25, -0.2) is 4.79 Å². The molecule has 6 nitrogen and oxygen atoms in total. The second-order valence-corrected chi connectivity index (χ2v) is 13.1. The molecule has 1 aliphatic heterocycles. The zero-order valence-corrected chi connectivity index (χ0v) is 25.0. The lowest BCUT2D eigenvalue weighted by molar-refractivity contribution is -0.162. The zero-order valence-electron chi connectivity index (χ0n) is 23.5.